The zero-order chi connectivity index (χ0) is 19.4. The van der Waals surface area contributed by atoms with Crippen molar-refractivity contribution in [1.82, 2.24) is 9.80 Å². The Hall–Kier alpha value is -2.76. The van der Waals surface area contributed by atoms with Gasteiger partial charge in [0.25, 0.3) is 5.91 Å². The van der Waals surface area contributed by atoms with E-state index in [4.69, 9.17) is 0 Å². The van der Waals surface area contributed by atoms with Gasteiger partial charge in [0.2, 0.25) is 5.91 Å². The normalized spacial score (nSPS) is 15.5. The van der Waals surface area contributed by atoms with Crippen LogP contribution in [0, 0.1) is 17.6 Å². The monoisotopic (exact) mass is 372 g/mol. The van der Waals surface area contributed by atoms with E-state index >= 15 is 0 Å². The third-order valence-corrected chi connectivity index (χ3v) is 4.83. The Morgan fingerprint density at radius 3 is 2.19 bits per heavy atom. The highest BCUT2D eigenvalue weighted by Crippen LogP contribution is 2.15. The molecular formula is C21H22F2N2O2. The summed E-state index contributed by atoms with van der Waals surface area (Å²) in [5, 5.41) is 0. The highest BCUT2D eigenvalue weighted by molar-refractivity contribution is 5.94. The molecule has 1 fully saturated rings. The van der Waals surface area contributed by atoms with Crippen LogP contribution in [-0.4, -0.2) is 47.8 Å². The zero-order valence-electron chi connectivity index (χ0n) is 15.2. The molecule has 1 unspecified atom stereocenters. The van der Waals surface area contributed by atoms with E-state index in [-0.39, 0.29) is 23.5 Å². The van der Waals surface area contributed by atoms with E-state index < -0.39 is 5.82 Å². The Kier molecular flexibility index (Phi) is 5.84. The Morgan fingerprint density at radius 2 is 1.56 bits per heavy atom. The van der Waals surface area contributed by atoms with Gasteiger partial charge < -0.3 is 9.80 Å². The molecule has 2 aromatic carbocycles. The molecule has 1 heterocycles. The Morgan fingerprint density at radius 1 is 0.926 bits per heavy atom. The molecule has 0 radical (unpaired) electrons. The van der Waals surface area contributed by atoms with Crippen LogP contribution in [0.15, 0.2) is 48.5 Å². The summed E-state index contributed by atoms with van der Waals surface area (Å²) in [6.07, 6.45) is 0.543. The van der Waals surface area contributed by atoms with Gasteiger partial charge in [-0.05, 0) is 42.3 Å². The summed E-state index contributed by atoms with van der Waals surface area (Å²) in [5.41, 5.74) is 1.23. The summed E-state index contributed by atoms with van der Waals surface area (Å²) in [6, 6.07) is 11.8. The molecule has 0 aromatic heterocycles. The molecule has 0 N–H and O–H groups in total. The van der Waals surface area contributed by atoms with Crippen molar-refractivity contribution in [3.8, 4) is 0 Å². The van der Waals surface area contributed by atoms with Crippen molar-refractivity contribution < 1.29 is 18.4 Å². The van der Waals surface area contributed by atoms with Gasteiger partial charge in [-0.1, -0.05) is 25.1 Å². The van der Waals surface area contributed by atoms with Crippen LogP contribution >= 0.6 is 0 Å². The second kappa shape index (κ2) is 8.29. The quantitative estimate of drug-likeness (QED) is 0.827. The highest BCUT2D eigenvalue weighted by Gasteiger charge is 2.27. The molecule has 1 saturated heterocycles. The van der Waals surface area contributed by atoms with E-state index in [1.165, 1.54) is 30.3 Å². The average Bonchev–Trinajstić information content (AvgIpc) is 2.68. The fourth-order valence-corrected chi connectivity index (χ4v) is 3.31. The van der Waals surface area contributed by atoms with E-state index in [0.717, 1.165) is 5.56 Å². The van der Waals surface area contributed by atoms with Crippen LogP contribution in [0.5, 0.6) is 0 Å². The van der Waals surface area contributed by atoms with Crippen molar-refractivity contribution >= 4 is 11.8 Å². The van der Waals surface area contributed by atoms with Crippen molar-refractivity contribution in [3.05, 3.63) is 71.3 Å². The molecular weight excluding hydrogens is 350 g/mol. The van der Waals surface area contributed by atoms with E-state index in [1.807, 2.05) is 6.92 Å². The van der Waals surface area contributed by atoms with Crippen molar-refractivity contribution in [3.63, 3.8) is 0 Å². The number of carbonyl (C=O) groups excluding carboxylic acids is 2. The molecule has 1 atom stereocenters. The molecule has 2 aromatic rings. The molecule has 1 aliphatic rings. The first-order valence-corrected chi connectivity index (χ1v) is 9.02. The van der Waals surface area contributed by atoms with Crippen LogP contribution in [0.25, 0.3) is 0 Å². The summed E-state index contributed by atoms with van der Waals surface area (Å²) >= 11 is 0. The number of amides is 2. The van der Waals surface area contributed by atoms with Gasteiger partial charge in [-0.25, -0.2) is 8.78 Å². The molecule has 0 spiro atoms. The maximum absolute atomic E-state index is 13.3. The Bertz CT molecular complexity index is 815. The van der Waals surface area contributed by atoms with Crippen LogP contribution in [0.4, 0.5) is 8.78 Å². The zero-order valence-corrected chi connectivity index (χ0v) is 15.2. The number of hydrogen-bond donors (Lipinski definition) is 0. The van der Waals surface area contributed by atoms with Crippen LogP contribution < -0.4 is 0 Å². The minimum absolute atomic E-state index is 0.0252. The molecule has 4 nitrogen and oxygen atoms in total. The lowest BCUT2D eigenvalue weighted by molar-refractivity contribution is -0.136. The average molecular weight is 372 g/mol. The van der Waals surface area contributed by atoms with Crippen molar-refractivity contribution in [2.45, 2.75) is 13.3 Å². The second-order valence-corrected chi connectivity index (χ2v) is 6.86. The Labute approximate surface area is 157 Å². The summed E-state index contributed by atoms with van der Waals surface area (Å²) in [4.78, 5) is 28.5. The second-order valence-electron chi connectivity index (χ2n) is 6.86. The SMILES string of the molecule is CC(Cc1ccc(F)cc1)C(=O)N1CCN(C(=O)c2cccc(F)c2)CC1. The molecule has 0 aliphatic carbocycles. The minimum Gasteiger partial charge on any atom is -0.339 e. The van der Waals surface area contributed by atoms with Gasteiger partial charge in [-0.2, -0.15) is 0 Å². The summed E-state index contributed by atoms with van der Waals surface area (Å²) < 4.78 is 26.3. The first-order chi connectivity index (χ1) is 12.9. The fraction of sp³-hybridized carbons (Fsp3) is 0.333. The molecule has 1 aliphatic heterocycles. The smallest absolute Gasteiger partial charge is 0.254 e. The number of hydrogen-bond acceptors (Lipinski definition) is 2. The maximum atomic E-state index is 13.3. The van der Waals surface area contributed by atoms with Crippen molar-refractivity contribution in [2.75, 3.05) is 26.2 Å². The van der Waals surface area contributed by atoms with Gasteiger partial charge >= 0.3 is 0 Å². The van der Waals surface area contributed by atoms with Crippen molar-refractivity contribution in [1.29, 1.82) is 0 Å². The largest absolute Gasteiger partial charge is 0.339 e. The van der Waals surface area contributed by atoms with E-state index in [2.05, 4.69) is 0 Å². The first-order valence-electron chi connectivity index (χ1n) is 9.02. The fourth-order valence-electron chi connectivity index (χ4n) is 3.31. The first kappa shape index (κ1) is 19.0. The van der Waals surface area contributed by atoms with E-state index in [0.29, 0.717) is 38.2 Å². The molecule has 0 bridgehead atoms. The predicted octanol–water partition coefficient (Wildman–Crippen LogP) is 3.13. The van der Waals surface area contributed by atoms with Gasteiger partial charge in [-0.15, -0.1) is 0 Å². The van der Waals surface area contributed by atoms with Gasteiger partial charge in [0.15, 0.2) is 0 Å². The summed E-state index contributed by atoms with van der Waals surface area (Å²) in [5.74, 6) is -1.15. The molecule has 2 amide bonds. The van der Waals surface area contributed by atoms with E-state index in [1.54, 1.807) is 28.0 Å². The summed E-state index contributed by atoms with van der Waals surface area (Å²) in [7, 11) is 0. The highest BCUT2D eigenvalue weighted by atomic mass is 19.1. The topological polar surface area (TPSA) is 40.6 Å². The standard InChI is InChI=1S/C21H22F2N2O2/c1-15(13-16-5-7-18(22)8-6-16)20(26)24-9-11-25(12-10-24)21(27)17-3-2-4-19(23)14-17/h2-8,14-15H,9-13H2,1H3. The maximum Gasteiger partial charge on any atom is 0.254 e. The Balaban J connectivity index is 1.54. The summed E-state index contributed by atoms with van der Waals surface area (Å²) in [6.45, 7) is 3.60. The molecule has 3 rings (SSSR count). The van der Waals surface area contributed by atoms with Gasteiger partial charge in [-0.3, -0.25) is 9.59 Å². The number of nitrogens with zero attached hydrogens (tertiary/aromatic N) is 2. The van der Waals surface area contributed by atoms with Crippen molar-refractivity contribution in [2.24, 2.45) is 5.92 Å². The number of carbonyl (C=O) groups is 2. The molecule has 0 saturated carbocycles. The predicted molar refractivity (Wildman–Crippen MR) is 98.2 cm³/mol. The van der Waals surface area contributed by atoms with Gasteiger partial charge in [0, 0.05) is 37.7 Å². The van der Waals surface area contributed by atoms with Crippen LogP contribution in [0.2, 0.25) is 0 Å². The van der Waals surface area contributed by atoms with Crippen LogP contribution in [0.3, 0.4) is 0 Å². The lowest BCUT2D eigenvalue weighted by atomic mass is 9.99. The third kappa shape index (κ3) is 4.70. The number of benzene rings is 2. The van der Waals surface area contributed by atoms with Gasteiger partial charge in [0.05, 0.1) is 0 Å². The van der Waals surface area contributed by atoms with Crippen LogP contribution in [0.1, 0.15) is 22.8 Å². The molecule has 27 heavy (non-hydrogen) atoms. The molecule has 142 valence electrons. The third-order valence-electron chi connectivity index (χ3n) is 4.83. The molecule has 6 heteroatoms. The lowest BCUT2D eigenvalue weighted by Gasteiger charge is -2.36. The number of piperazine rings is 1. The lowest BCUT2D eigenvalue weighted by Crippen LogP contribution is -2.51. The van der Waals surface area contributed by atoms with Crippen LogP contribution in [-0.2, 0) is 11.2 Å². The number of rotatable bonds is 4. The minimum atomic E-state index is -0.440. The van der Waals surface area contributed by atoms with E-state index in [9.17, 15) is 18.4 Å². The number of halogens is 2. The van der Waals surface area contributed by atoms with Gasteiger partial charge in [0.1, 0.15) is 11.6 Å².